The lowest BCUT2D eigenvalue weighted by molar-refractivity contribution is -0.117. The molecule has 1 amide bonds. The Kier molecular flexibility index (Phi) is 5.40. The van der Waals surface area contributed by atoms with Crippen LogP contribution in [-0.2, 0) is 11.2 Å². The highest BCUT2D eigenvalue weighted by atomic mass is 32.1. The zero-order chi connectivity index (χ0) is 19.6. The molecule has 2 aliphatic heterocycles. The Balaban J connectivity index is 1.27. The maximum atomic E-state index is 12.8. The minimum Gasteiger partial charge on any atom is -0.372 e. The minimum absolute atomic E-state index is 0.0548. The topological polar surface area (TPSA) is 35.6 Å². The molecule has 0 unspecified atom stereocenters. The van der Waals surface area contributed by atoms with Crippen LogP contribution < -0.4 is 10.2 Å². The largest absolute Gasteiger partial charge is 0.372 e. The maximum Gasteiger partial charge on any atom is 0.238 e. The molecular weight excluding hydrogens is 398 g/mol. The molecule has 2 aromatic heterocycles. The Hall–Kier alpha value is -2.15. The number of nitrogens with one attached hydrogen (secondary N) is 1. The van der Waals surface area contributed by atoms with Gasteiger partial charge in [0, 0.05) is 40.8 Å². The van der Waals surface area contributed by atoms with Crippen molar-refractivity contribution in [3.8, 4) is 0 Å². The van der Waals surface area contributed by atoms with Gasteiger partial charge in [0.25, 0.3) is 0 Å². The van der Waals surface area contributed by atoms with E-state index in [1.807, 2.05) is 23.5 Å². The quantitative estimate of drug-likeness (QED) is 0.628. The highest BCUT2D eigenvalue weighted by Gasteiger charge is 2.31. The summed E-state index contributed by atoms with van der Waals surface area (Å²) in [6, 6.07) is 15.0. The van der Waals surface area contributed by atoms with Crippen LogP contribution in [0, 0.1) is 0 Å². The molecule has 0 bridgehead atoms. The summed E-state index contributed by atoms with van der Waals surface area (Å²) in [7, 11) is 0. The molecule has 2 aliphatic rings. The molecule has 29 heavy (non-hydrogen) atoms. The molecule has 3 aromatic rings. The predicted octanol–water partition coefficient (Wildman–Crippen LogP) is 5.00. The lowest BCUT2D eigenvalue weighted by Crippen LogP contribution is -2.40. The molecule has 4 heterocycles. The van der Waals surface area contributed by atoms with E-state index in [1.165, 1.54) is 33.8 Å². The fourth-order valence-corrected chi connectivity index (χ4v) is 6.21. The molecule has 5 rings (SSSR count). The zero-order valence-corrected chi connectivity index (χ0v) is 18.0. The molecular formula is C23H25N3OS2. The molecule has 0 aliphatic carbocycles. The van der Waals surface area contributed by atoms with Gasteiger partial charge in [-0.1, -0.05) is 6.07 Å². The second-order valence-corrected chi connectivity index (χ2v) is 9.71. The third-order valence-electron chi connectivity index (χ3n) is 5.85. The Morgan fingerprint density at radius 1 is 1.00 bits per heavy atom. The van der Waals surface area contributed by atoms with E-state index >= 15 is 0 Å². The number of carbonyl (C=O) groups excluding carboxylic acids is 1. The Morgan fingerprint density at radius 3 is 2.59 bits per heavy atom. The molecule has 4 nitrogen and oxygen atoms in total. The van der Waals surface area contributed by atoms with Gasteiger partial charge in [-0.3, -0.25) is 9.69 Å². The van der Waals surface area contributed by atoms with Gasteiger partial charge in [0.05, 0.1) is 12.6 Å². The first-order valence-corrected chi connectivity index (χ1v) is 12.0. The van der Waals surface area contributed by atoms with Crippen molar-refractivity contribution >= 4 is 40.0 Å². The fraction of sp³-hybridized carbons (Fsp3) is 0.348. The lowest BCUT2D eigenvalue weighted by Gasteiger charge is -2.34. The molecule has 150 valence electrons. The summed E-state index contributed by atoms with van der Waals surface area (Å²) in [6.07, 6.45) is 3.56. The Bertz CT molecular complexity index is 958. The van der Waals surface area contributed by atoms with E-state index in [0.717, 1.165) is 31.7 Å². The molecule has 1 saturated heterocycles. The van der Waals surface area contributed by atoms with E-state index in [2.05, 4.69) is 56.2 Å². The van der Waals surface area contributed by atoms with Gasteiger partial charge in [-0.2, -0.15) is 0 Å². The molecule has 1 fully saturated rings. The maximum absolute atomic E-state index is 12.8. The van der Waals surface area contributed by atoms with E-state index in [0.29, 0.717) is 6.54 Å². The standard InChI is InChI=1S/C23H25N3OS2/c27-22(24-17-5-7-18(8-6-17)25-11-1-2-12-25)16-26-13-9-20-19(10-15-29-20)23(26)21-4-3-14-28-21/h3-8,10,14-15,23H,1-2,9,11-13,16H2,(H,24,27)/t23-/m1/s1. The summed E-state index contributed by atoms with van der Waals surface area (Å²) in [4.78, 5) is 20.3. The van der Waals surface area contributed by atoms with Crippen molar-refractivity contribution in [3.63, 3.8) is 0 Å². The van der Waals surface area contributed by atoms with Crippen LogP contribution in [0.15, 0.2) is 53.2 Å². The Labute approximate surface area is 179 Å². The highest BCUT2D eigenvalue weighted by Crippen LogP contribution is 2.39. The van der Waals surface area contributed by atoms with Crippen LogP contribution in [0.2, 0.25) is 0 Å². The summed E-state index contributed by atoms with van der Waals surface area (Å²) in [5, 5.41) is 7.40. The number of nitrogens with zero attached hydrogens (tertiary/aromatic N) is 2. The summed E-state index contributed by atoms with van der Waals surface area (Å²) in [5.74, 6) is 0.0548. The van der Waals surface area contributed by atoms with Crippen LogP contribution in [0.25, 0.3) is 0 Å². The van der Waals surface area contributed by atoms with E-state index in [-0.39, 0.29) is 11.9 Å². The van der Waals surface area contributed by atoms with Crippen molar-refractivity contribution in [2.45, 2.75) is 25.3 Å². The number of rotatable bonds is 5. The average molecular weight is 424 g/mol. The Morgan fingerprint density at radius 2 is 1.83 bits per heavy atom. The van der Waals surface area contributed by atoms with E-state index in [4.69, 9.17) is 0 Å². The first-order chi connectivity index (χ1) is 14.3. The van der Waals surface area contributed by atoms with E-state index in [1.54, 1.807) is 11.3 Å². The van der Waals surface area contributed by atoms with Gasteiger partial charge in [-0.15, -0.1) is 22.7 Å². The number of thiophene rings is 2. The van der Waals surface area contributed by atoms with Crippen LogP contribution in [0.5, 0.6) is 0 Å². The minimum atomic E-state index is 0.0548. The molecule has 0 saturated carbocycles. The summed E-state index contributed by atoms with van der Waals surface area (Å²) in [5.41, 5.74) is 3.49. The van der Waals surface area contributed by atoms with Crippen LogP contribution in [-0.4, -0.2) is 37.0 Å². The van der Waals surface area contributed by atoms with E-state index in [9.17, 15) is 4.79 Å². The molecule has 1 N–H and O–H groups in total. The smallest absolute Gasteiger partial charge is 0.238 e. The van der Waals surface area contributed by atoms with Crippen LogP contribution in [0.1, 0.15) is 34.2 Å². The van der Waals surface area contributed by atoms with Gasteiger partial charge >= 0.3 is 0 Å². The number of hydrogen-bond acceptors (Lipinski definition) is 5. The number of benzene rings is 1. The normalized spacial score (nSPS) is 19.3. The van der Waals surface area contributed by atoms with Gasteiger partial charge in [0.2, 0.25) is 5.91 Å². The van der Waals surface area contributed by atoms with E-state index < -0.39 is 0 Å². The number of carbonyl (C=O) groups is 1. The molecule has 6 heteroatoms. The van der Waals surface area contributed by atoms with Gasteiger partial charge in [-0.25, -0.2) is 0 Å². The van der Waals surface area contributed by atoms with Crippen LogP contribution in [0.4, 0.5) is 11.4 Å². The first-order valence-electron chi connectivity index (χ1n) is 10.3. The molecule has 0 radical (unpaired) electrons. The van der Waals surface area contributed by atoms with Gasteiger partial charge in [-0.05, 0) is 72.0 Å². The molecule has 0 spiro atoms. The third-order valence-corrected chi connectivity index (χ3v) is 7.77. The summed E-state index contributed by atoms with van der Waals surface area (Å²) < 4.78 is 0. The van der Waals surface area contributed by atoms with Crippen LogP contribution >= 0.6 is 22.7 Å². The number of hydrogen-bond donors (Lipinski definition) is 1. The molecule has 1 aromatic carbocycles. The average Bonchev–Trinajstić information content (AvgIpc) is 3.50. The van der Waals surface area contributed by atoms with Crippen molar-refractivity contribution in [2.75, 3.05) is 36.4 Å². The second kappa shape index (κ2) is 8.30. The van der Waals surface area contributed by atoms with Crippen molar-refractivity contribution in [1.82, 2.24) is 4.90 Å². The number of fused-ring (bicyclic) bond motifs is 1. The third kappa shape index (κ3) is 3.97. The van der Waals surface area contributed by atoms with Crippen LogP contribution in [0.3, 0.4) is 0 Å². The monoisotopic (exact) mass is 423 g/mol. The molecule has 1 atom stereocenters. The van der Waals surface area contributed by atoms with Crippen molar-refractivity contribution in [2.24, 2.45) is 0 Å². The summed E-state index contributed by atoms with van der Waals surface area (Å²) >= 11 is 3.61. The SMILES string of the molecule is O=C(CN1CCc2sccc2[C@@H]1c1cccs1)Nc1ccc(N2CCCC2)cc1. The summed E-state index contributed by atoms with van der Waals surface area (Å²) in [6.45, 7) is 3.59. The number of anilines is 2. The highest BCUT2D eigenvalue weighted by molar-refractivity contribution is 7.10. The lowest BCUT2D eigenvalue weighted by atomic mass is 9.98. The van der Waals surface area contributed by atoms with Crippen molar-refractivity contribution in [1.29, 1.82) is 0 Å². The fourth-order valence-electron chi connectivity index (χ4n) is 4.43. The zero-order valence-electron chi connectivity index (χ0n) is 16.3. The van der Waals surface area contributed by atoms with Crippen molar-refractivity contribution in [3.05, 3.63) is 68.5 Å². The van der Waals surface area contributed by atoms with Crippen molar-refractivity contribution < 1.29 is 4.79 Å². The first kappa shape index (κ1) is 18.9. The van der Waals surface area contributed by atoms with Gasteiger partial charge < -0.3 is 10.2 Å². The van der Waals surface area contributed by atoms with Gasteiger partial charge in [0.15, 0.2) is 0 Å². The second-order valence-electron chi connectivity index (χ2n) is 7.73. The van der Waals surface area contributed by atoms with Gasteiger partial charge in [0.1, 0.15) is 0 Å². The number of amides is 1. The predicted molar refractivity (Wildman–Crippen MR) is 122 cm³/mol.